The molecular weight excluding hydrogens is 208 g/mol. The van der Waals surface area contributed by atoms with Gasteiger partial charge in [0, 0.05) is 11.8 Å². The molecule has 0 radical (unpaired) electrons. The molecule has 0 aromatic heterocycles. The van der Waals surface area contributed by atoms with Crippen molar-refractivity contribution >= 4 is 5.78 Å². The Morgan fingerprint density at radius 2 is 1.76 bits per heavy atom. The number of unbranched alkanes of at least 4 members (excludes halogenated alkanes) is 3. The van der Waals surface area contributed by atoms with Crippen LogP contribution >= 0.6 is 0 Å². The monoisotopic (exact) mass is 236 g/mol. The van der Waals surface area contributed by atoms with E-state index in [9.17, 15) is 4.79 Å². The first kappa shape index (κ1) is 13.1. The van der Waals surface area contributed by atoms with E-state index in [1.807, 2.05) is 0 Å². The lowest BCUT2D eigenvalue weighted by Gasteiger charge is -2.16. The predicted octanol–water partition coefficient (Wildman–Crippen LogP) is 4.74. The lowest BCUT2D eigenvalue weighted by Crippen LogP contribution is -2.20. The van der Waals surface area contributed by atoms with Gasteiger partial charge in [0.25, 0.3) is 0 Å². The van der Waals surface area contributed by atoms with Gasteiger partial charge in [0.2, 0.25) is 0 Å². The van der Waals surface area contributed by atoms with Crippen LogP contribution in [0.15, 0.2) is 0 Å². The van der Waals surface area contributed by atoms with Gasteiger partial charge in [-0.3, -0.25) is 4.79 Å². The zero-order valence-corrected chi connectivity index (χ0v) is 11.4. The predicted molar refractivity (Wildman–Crippen MR) is 71.9 cm³/mol. The Labute approximate surface area is 106 Å². The van der Waals surface area contributed by atoms with Crippen molar-refractivity contribution in [3.8, 4) is 0 Å². The average molecular weight is 236 g/mol. The van der Waals surface area contributed by atoms with E-state index in [2.05, 4.69) is 6.92 Å². The van der Waals surface area contributed by atoms with E-state index in [0.717, 1.165) is 5.92 Å². The van der Waals surface area contributed by atoms with Crippen molar-refractivity contribution < 1.29 is 4.79 Å². The first-order valence-electron chi connectivity index (χ1n) is 7.86. The van der Waals surface area contributed by atoms with Crippen LogP contribution in [0.5, 0.6) is 0 Å². The largest absolute Gasteiger partial charge is 0.299 e. The third kappa shape index (κ3) is 3.33. The molecule has 2 fully saturated rings. The van der Waals surface area contributed by atoms with E-state index in [1.165, 1.54) is 70.6 Å². The van der Waals surface area contributed by atoms with Gasteiger partial charge < -0.3 is 0 Å². The highest BCUT2D eigenvalue weighted by Gasteiger charge is 2.38. The van der Waals surface area contributed by atoms with Crippen molar-refractivity contribution in [3.63, 3.8) is 0 Å². The summed E-state index contributed by atoms with van der Waals surface area (Å²) in [5, 5.41) is 0. The summed E-state index contributed by atoms with van der Waals surface area (Å²) in [6.45, 7) is 2.25. The molecule has 0 saturated heterocycles. The summed E-state index contributed by atoms with van der Waals surface area (Å²) in [7, 11) is 0. The van der Waals surface area contributed by atoms with Crippen molar-refractivity contribution in [2.45, 2.75) is 77.6 Å². The number of carbonyl (C=O) groups is 1. The third-order valence-corrected chi connectivity index (χ3v) is 4.97. The van der Waals surface area contributed by atoms with Crippen LogP contribution in [0.25, 0.3) is 0 Å². The highest BCUT2D eigenvalue weighted by Crippen LogP contribution is 2.41. The zero-order chi connectivity index (χ0) is 12.1. The van der Waals surface area contributed by atoms with E-state index in [1.54, 1.807) is 0 Å². The van der Waals surface area contributed by atoms with Crippen molar-refractivity contribution in [2.75, 3.05) is 0 Å². The molecule has 0 N–H and O–H groups in total. The number of hydrogen-bond acceptors (Lipinski definition) is 1. The molecule has 0 spiro atoms. The van der Waals surface area contributed by atoms with E-state index in [0.29, 0.717) is 17.6 Å². The highest BCUT2D eigenvalue weighted by molar-refractivity contribution is 5.85. The Hall–Kier alpha value is -0.330. The summed E-state index contributed by atoms with van der Waals surface area (Å²) in [5.74, 6) is 2.32. The van der Waals surface area contributed by atoms with Crippen LogP contribution in [0, 0.1) is 17.8 Å². The van der Waals surface area contributed by atoms with Crippen molar-refractivity contribution in [1.29, 1.82) is 0 Å². The topological polar surface area (TPSA) is 17.1 Å². The molecule has 2 aliphatic rings. The second-order valence-corrected chi connectivity index (χ2v) is 6.18. The summed E-state index contributed by atoms with van der Waals surface area (Å²) >= 11 is 0. The maximum atomic E-state index is 12.4. The van der Waals surface area contributed by atoms with Crippen LogP contribution in [0.1, 0.15) is 77.6 Å². The van der Waals surface area contributed by atoms with E-state index >= 15 is 0 Å². The molecule has 0 aliphatic heterocycles. The number of hydrogen-bond donors (Lipinski definition) is 0. The highest BCUT2D eigenvalue weighted by atomic mass is 16.1. The smallest absolute Gasteiger partial charge is 0.139 e. The normalized spacial score (nSPS) is 30.3. The molecule has 0 aromatic carbocycles. The number of ketones is 1. The summed E-state index contributed by atoms with van der Waals surface area (Å²) in [5.41, 5.74) is 0. The molecule has 0 bridgehead atoms. The van der Waals surface area contributed by atoms with Gasteiger partial charge in [-0.15, -0.1) is 0 Å². The Bertz CT molecular complexity index is 240. The van der Waals surface area contributed by atoms with E-state index in [-0.39, 0.29) is 0 Å². The number of Topliss-reactive ketones (excluding diaryl/α,β-unsaturated/α-hetero) is 1. The van der Waals surface area contributed by atoms with E-state index in [4.69, 9.17) is 0 Å². The van der Waals surface area contributed by atoms with Crippen molar-refractivity contribution in [1.82, 2.24) is 0 Å². The van der Waals surface area contributed by atoms with Crippen molar-refractivity contribution in [2.24, 2.45) is 17.8 Å². The SMILES string of the molecule is CCCCCCC1CCC(C2CCCC2)C1=O. The van der Waals surface area contributed by atoms with Gasteiger partial charge in [-0.1, -0.05) is 45.4 Å². The van der Waals surface area contributed by atoms with Gasteiger partial charge in [0.1, 0.15) is 5.78 Å². The van der Waals surface area contributed by atoms with Gasteiger partial charge in [0.05, 0.1) is 0 Å². The molecule has 2 saturated carbocycles. The second-order valence-electron chi connectivity index (χ2n) is 6.18. The van der Waals surface area contributed by atoms with Crippen LogP contribution in [-0.4, -0.2) is 5.78 Å². The maximum absolute atomic E-state index is 12.4. The van der Waals surface area contributed by atoms with Crippen LogP contribution in [0.2, 0.25) is 0 Å². The van der Waals surface area contributed by atoms with Gasteiger partial charge in [0.15, 0.2) is 0 Å². The van der Waals surface area contributed by atoms with Crippen LogP contribution < -0.4 is 0 Å². The van der Waals surface area contributed by atoms with Gasteiger partial charge in [-0.25, -0.2) is 0 Å². The third-order valence-electron chi connectivity index (χ3n) is 4.97. The fourth-order valence-corrected chi connectivity index (χ4v) is 3.90. The zero-order valence-electron chi connectivity index (χ0n) is 11.4. The van der Waals surface area contributed by atoms with Crippen molar-refractivity contribution in [3.05, 3.63) is 0 Å². The molecule has 17 heavy (non-hydrogen) atoms. The Kier molecular flexibility index (Phi) is 5.06. The Morgan fingerprint density at radius 3 is 2.47 bits per heavy atom. The van der Waals surface area contributed by atoms with Gasteiger partial charge in [-0.05, 0) is 38.0 Å². The van der Waals surface area contributed by atoms with Crippen LogP contribution in [-0.2, 0) is 4.79 Å². The summed E-state index contributed by atoms with van der Waals surface area (Å²) in [6, 6.07) is 0. The van der Waals surface area contributed by atoms with E-state index < -0.39 is 0 Å². The quantitative estimate of drug-likeness (QED) is 0.609. The summed E-state index contributed by atoms with van der Waals surface area (Å²) < 4.78 is 0. The standard InChI is InChI=1S/C16H28O/c1-2-3-4-5-10-14-11-12-15(16(14)17)13-8-6-7-9-13/h13-15H,2-12H2,1H3. The molecule has 98 valence electrons. The fourth-order valence-electron chi connectivity index (χ4n) is 3.90. The minimum atomic E-state index is 0.442. The molecular formula is C16H28O. The van der Waals surface area contributed by atoms with Gasteiger partial charge in [-0.2, -0.15) is 0 Å². The lowest BCUT2D eigenvalue weighted by atomic mass is 9.87. The second kappa shape index (κ2) is 6.56. The number of rotatable bonds is 6. The lowest BCUT2D eigenvalue weighted by molar-refractivity contribution is -0.125. The molecule has 2 unspecified atom stereocenters. The Morgan fingerprint density at radius 1 is 1.00 bits per heavy atom. The minimum Gasteiger partial charge on any atom is -0.299 e. The fraction of sp³-hybridized carbons (Fsp3) is 0.938. The Balaban J connectivity index is 1.73. The molecule has 1 nitrogen and oxygen atoms in total. The molecule has 2 rings (SSSR count). The molecule has 2 aliphatic carbocycles. The maximum Gasteiger partial charge on any atom is 0.139 e. The molecule has 2 atom stereocenters. The molecule has 1 heteroatoms. The molecule has 0 heterocycles. The first-order valence-corrected chi connectivity index (χ1v) is 7.86. The number of carbonyl (C=O) groups excluding carboxylic acids is 1. The van der Waals surface area contributed by atoms with Crippen LogP contribution in [0.3, 0.4) is 0 Å². The molecule has 0 amide bonds. The molecule has 0 aromatic rings. The summed E-state index contributed by atoms with van der Waals surface area (Å²) in [6.07, 6.45) is 14.2. The minimum absolute atomic E-state index is 0.442. The van der Waals surface area contributed by atoms with Gasteiger partial charge >= 0.3 is 0 Å². The first-order chi connectivity index (χ1) is 8.33. The average Bonchev–Trinajstić information content (AvgIpc) is 2.95. The summed E-state index contributed by atoms with van der Waals surface area (Å²) in [4.78, 5) is 12.4. The van der Waals surface area contributed by atoms with Crippen LogP contribution in [0.4, 0.5) is 0 Å².